The molecule has 196 valence electrons. The van der Waals surface area contributed by atoms with Gasteiger partial charge in [-0.3, -0.25) is 14.5 Å². The summed E-state index contributed by atoms with van der Waals surface area (Å²) in [6, 6.07) is 21.8. The molecule has 2 fully saturated rings. The maximum Gasteiger partial charge on any atom is 0.306 e. The Morgan fingerprint density at radius 3 is 2.43 bits per heavy atom. The van der Waals surface area contributed by atoms with Crippen LogP contribution in [0.1, 0.15) is 56.8 Å². The fourth-order valence-electron chi connectivity index (χ4n) is 6.03. The summed E-state index contributed by atoms with van der Waals surface area (Å²) in [6.45, 7) is 4.11. The lowest BCUT2D eigenvalue weighted by Gasteiger charge is -2.53. The molecule has 4 rings (SSSR count). The molecule has 5 atom stereocenters. The maximum atomic E-state index is 13.2. The molecule has 2 aromatic carbocycles. The van der Waals surface area contributed by atoms with Crippen molar-refractivity contribution in [3.05, 3.63) is 71.8 Å². The minimum Gasteiger partial charge on any atom is -0.469 e. The van der Waals surface area contributed by atoms with E-state index in [9.17, 15) is 14.9 Å². The molecule has 0 unspecified atom stereocenters. The van der Waals surface area contributed by atoms with Crippen LogP contribution in [0, 0.1) is 23.2 Å². The number of likely N-dealkylation sites (N-methyl/N-ethyl adjacent to an activating group) is 1. The molecule has 0 N–H and O–H groups in total. The zero-order valence-corrected chi connectivity index (χ0v) is 22.1. The number of methoxy groups -OCH3 is 1. The summed E-state index contributed by atoms with van der Waals surface area (Å²) < 4.78 is 17.5. The first-order valence-corrected chi connectivity index (χ1v) is 12.9. The lowest BCUT2D eigenvalue weighted by Crippen LogP contribution is -2.61. The van der Waals surface area contributed by atoms with Crippen molar-refractivity contribution in [1.82, 2.24) is 4.90 Å². The topological polar surface area (TPSA) is 88.9 Å². The van der Waals surface area contributed by atoms with Gasteiger partial charge in [0, 0.05) is 18.3 Å². The van der Waals surface area contributed by atoms with E-state index in [1.54, 1.807) is 0 Å². The van der Waals surface area contributed by atoms with E-state index in [-0.39, 0.29) is 24.3 Å². The van der Waals surface area contributed by atoms with Crippen molar-refractivity contribution < 1.29 is 23.8 Å². The van der Waals surface area contributed by atoms with Crippen LogP contribution in [-0.4, -0.2) is 49.2 Å². The Hall–Kier alpha value is -3.05. The fourth-order valence-corrected chi connectivity index (χ4v) is 6.03. The van der Waals surface area contributed by atoms with Crippen molar-refractivity contribution in [2.24, 2.45) is 11.8 Å². The molecule has 1 aliphatic heterocycles. The highest BCUT2D eigenvalue weighted by Gasteiger charge is 2.55. The van der Waals surface area contributed by atoms with E-state index in [1.165, 1.54) is 7.11 Å². The molecule has 1 heterocycles. The number of carbonyl (C=O) groups excluding carboxylic acids is 2. The Morgan fingerprint density at radius 2 is 1.81 bits per heavy atom. The Labute approximate surface area is 219 Å². The van der Waals surface area contributed by atoms with Gasteiger partial charge in [-0.05, 0) is 44.9 Å². The predicted octanol–water partition coefficient (Wildman–Crippen LogP) is 4.78. The molecule has 0 radical (unpaired) electrons. The summed E-state index contributed by atoms with van der Waals surface area (Å²) in [7, 11) is 3.24. The average molecular weight is 505 g/mol. The average Bonchev–Trinajstić information content (AvgIpc) is 2.91. The minimum absolute atomic E-state index is 0.00231. The van der Waals surface area contributed by atoms with E-state index >= 15 is 0 Å². The third-order valence-electron chi connectivity index (χ3n) is 7.92. The number of ketones is 1. The summed E-state index contributed by atoms with van der Waals surface area (Å²) in [5.74, 6) is -2.28. The van der Waals surface area contributed by atoms with E-state index in [0.717, 1.165) is 11.1 Å². The van der Waals surface area contributed by atoms with Crippen LogP contribution in [0.5, 0.6) is 0 Å². The van der Waals surface area contributed by atoms with Gasteiger partial charge in [0.05, 0.1) is 32.2 Å². The number of rotatable bonds is 7. The smallest absolute Gasteiger partial charge is 0.306 e. The van der Waals surface area contributed by atoms with Gasteiger partial charge in [-0.15, -0.1) is 0 Å². The molecule has 2 aromatic rings. The molecule has 2 aliphatic rings. The van der Waals surface area contributed by atoms with Crippen molar-refractivity contribution in [3.63, 3.8) is 0 Å². The van der Waals surface area contributed by atoms with Gasteiger partial charge in [0.2, 0.25) is 0 Å². The van der Waals surface area contributed by atoms with Gasteiger partial charge >= 0.3 is 5.97 Å². The molecular formula is C30H36N2O5. The molecule has 0 amide bonds. The SMILES string of the molecule is COC(=O)C[C@@H]1C(=O)CCC[C@H]1[C@](C#N)(c1ccccc1)N(C)[C@H]1COC(C)(C)O[C@H]1c1ccccc1. The second-order valence-electron chi connectivity index (χ2n) is 10.4. The number of hydrogen-bond donors (Lipinski definition) is 0. The molecule has 0 spiro atoms. The Bertz CT molecular complexity index is 1130. The number of hydrogen-bond acceptors (Lipinski definition) is 7. The highest BCUT2D eigenvalue weighted by molar-refractivity contribution is 5.86. The predicted molar refractivity (Wildman–Crippen MR) is 138 cm³/mol. The zero-order chi connectivity index (χ0) is 26.6. The Balaban J connectivity index is 1.85. The van der Waals surface area contributed by atoms with Crippen LogP contribution in [0.3, 0.4) is 0 Å². The number of carbonyl (C=O) groups is 2. The zero-order valence-electron chi connectivity index (χ0n) is 22.1. The lowest BCUT2D eigenvalue weighted by molar-refractivity contribution is -0.301. The van der Waals surface area contributed by atoms with Crippen molar-refractivity contribution in [3.8, 4) is 6.07 Å². The van der Waals surface area contributed by atoms with E-state index in [4.69, 9.17) is 14.2 Å². The van der Waals surface area contributed by atoms with Crippen LogP contribution < -0.4 is 0 Å². The molecular weight excluding hydrogens is 468 g/mol. The highest BCUT2D eigenvalue weighted by Crippen LogP contribution is 2.49. The van der Waals surface area contributed by atoms with Crippen molar-refractivity contribution >= 4 is 11.8 Å². The van der Waals surface area contributed by atoms with Crippen LogP contribution in [0.4, 0.5) is 0 Å². The standard InChI is InChI=1S/C30H36N2O5/c1-29(2)36-19-25(28(37-29)21-12-7-5-8-13-21)32(3)30(20-31,22-14-9-6-10-15-22)24-16-11-17-26(33)23(24)18-27(34)35-4/h5-10,12-15,23-25,28H,11,16-19H2,1-4H3/t23-,24+,25-,28-,30-/m0/s1. The Kier molecular flexibility index (Phi) is 8.13. The number of nitrogens with zero attached hydrogens (tertiary/aromatic N) is 2. The van der Waals surface area contributed by atoms with Crippen molar-refractivity contribution in [1.29, 1.82) is 5.26 Å². The lowest BCUT2D eigenvalue weighted by atomic mass is 9.63. The van der Waals surface area contributed by atoms with Crippen molar-refractivity contribution in [2.45, 2.75) is 63.0 Å². The fraction of sp³-hybridized carbons (Fsp3) is 0.500. The third-order valence-corrected chi connectivity index (χ3v) is 7.92. The van der Waals surface area contributed by atoms with Gasteiger partial charge in [-0.1, -0.05) is 60.7 Å². The first kappa shape index (κ1) is 27.0. The van der Waals surface area contributed by atoms with E-state index < -0.39 is 29.1 Å². The summed E-state index contributed by atoms with van der Waals surface area (Å²) >= 11 is 0. The van der Waals surface area contributed by atoms with E-state index in [2.05, 4.69) is 6.07 Å². The second-order valence-corrected chi connectivity index (χ2v) is 10.4. The molecule has 1 saturated heterocycles. The van der Waals surface area contributed by atoms with Crippen LogP contribution in [0.15, 0.2) is 60.7 Å². The molecule has 37 heavy (non-hydrogen) atoms. The largest absolute Gasteiger partial charge is 0.469 e. The maximum absolute atomic E-state index is 13.2. The van der Waals surface area contributed by atoms with Crippen LogP contribution in [0.25, 0.3) is 0 Å². The van der Waals surface area contributed by atoms with Crippen molar-refractivity contribution in [2.75, 3.05) is 20.8 Å². The number of ether oxygens (including phenoxy) is 3. The van der Waals surface area contributed by atoms with E-state index in [0.29, 0.717) is 25.9 Å². The first-order chi connectivity index (χ1) is 17.7. The molecule has 7 heteroatoms. The van der Waals surface area contributed by atoms with Gasteiger partial charge in [-0.2, -0.15) is 5.26 Å². The van der Waals surface area contributed by atoms with E-state index in [1.807, 2.05) is 86.5 Å². The van der Waals surface area contributed by atoms with Gasteiger partial charge in [0.25, 0.3) is 0 Å². The Morgan fingerprint density at radius 1 is 1.16 bits per heavy atom. The molecule has 7 nitrogen and oxygen atoms in total. The monoisotopic (exact) mass is 504 g/mol. The normalized spacial score (nSPS) is 27.2. The quantitative estimate of drug-likeness (QED) is 0.502. The second kappa shape index (κ2) is 11.1. The van der Waals surface area contributed by atoms with Crippen LogP contribution in [0.2, 0.25) is 0 Å². The van der Waals surface area contributed by atoms with Gasteiger partial charge in [0.15, 0.2) is 5.79 Å². The van der Waals surface area contributed by atoms with Gasteiger partial charge < -0.3 is 14.2 Å². The number of Topliss-reactive ketones (excluding diaryl/α,β-unsaturated/α-hetero) is 1. The minimum atomic E-state index is -1.21. The van der Waals surface area contributed by atoms with Gasteiger partial charge in [-0.25, -0.2) is 0 Å². The summed E-state index contributed by atoms with van der Waals surface area (Å²) in [6.07, 6.45) is 1.28. The summed E-state index contributed by atoms with van der Waals surface area (Å²) in [5, 5.41) is 11.0. The molecule has 1 aliphatic carbocycles. The first-order valence-electron chi connectivity index (χ1n) is 12.9. The third kappa shape index (κ3) is 5.33. The number of esters is 1. The van der Waals surface area contributed by atoms with Crippen LogP contribution >= 0.6 is 0 Å². The van der Waals surface area contributed by atoms with Gasteiger partial charge in [0.1, 0.15) is 17.4 Å². The summed E-state index contributed by atoms with van der Waals surface area (Å²) in [4.78, 5) is 27.7. The molecule has 0 aromatic heterocycles. The summed E-state index contributed by atoms with van der Waals surface area (Å²) in [5.41, 5.74) is 0.565. The number of benzene rings is 2. The number of nitriles is 1. The molecule has 0 bridgehead atoms. The molecule has 1 saturated carbocycles. The highest BCUT2D eigenvalue weighted by atomic mass is 16.7. The van der Waals surface area contributed by atoms with Crippen LogP contribution in [-0.2, 0) is 29.3 Å².